The minimum Gasteiger partial charge on any atom is -0.349 e. The summed E-state index contributed by atoms with van der Waals surface area (Å²) in [5, 5.41) is 13.3. The standard InChI is InChI=1S/C23H26ClN5OS/c1-17(18-8-7-9-19(24)14-18)25-22(30)16-31-23-27-26-21(15-28-12-5-6-13-28)29(23)20-10-3-2-4-11-20/h2-4,7-11,14,17H,5-6,12-13,15-16H2,1H3,(H,25,30)/t17-/m0/s1. The van der Waals surface area contributed by atoms with Gasteiger partial charge in [0.05, 0.1) is 18.3 Å². The van der Waals surface area contributed by atoms with Gasteiger partial charge in [-0.3, -0.25) is 14.3 Å². The van der Waals surface area contributed by atoms with Gasteiger partial charge in [-0.15, -0.1) is 10.2 Å². The molecular weight excluding hydrogens is 430 g/mol. The van der Waals surface area contributed by atoms with Crippen molar-refractivity contribution in [3.05, 3.63) is 71.0 Å². The molecule has 2 aromatic carbocycles. The summed E-state index contributed by atoms with van der Waals surface area (Å²) in [6.45, 7) is 4.90. The molecule has 4 rings (SSSR count). The maximum atomic E-state index is 12.6. The van der Waals surface area contributed by atoms with Crippen LogP contribution in [0.4, 0.5) is 0 Å². The van der Waals surface area contributed by atoms with Crippen molar-refractivity contribution >= 4 is 29.3 Å². The quantitative estimate of drug-likeness (QED) is 0.507. The predicted octanol–water partition coefficient (Wildman–Crippen LogP) is 4.49. The SMILES string of the molecule is C[C@H](NC(=O)CSc1nnc(CN2CCCC2)n1-c1ccccc1)c1cccc(Cl)c1. The lowest BCUT2D eigenvalue weighted by Gasteiger charge is -2.16. The summed E-state index contributed by atoms with van der Waals surface area (Å²) in [7, 11) is 0. The molecule has 2 heterocycles. The molecule has 0 spiro atoms. The summed E-state index contributed by atoms with van der Waals surface area (Å²) in [4.78, 5) is 15.0. The van der Waals surface area contributed by atoms with Crippen LogP contribution in [0.2, 0.25) is 5.02 Å². The van der Waals surface area contributed by atoms with Crippen molar-refractivity contribution in [2.75, 3.05) is 18.8 Å². The zero-order valence-electron chi connectivity index (χ0n) is 17.5. The van der Waals surface area contributed by atoms with Crippen LogP contribution in [-0.4, -0.2) is 44.4 Å². The van der Waals surface area contributed by atoms with Crippen molar-refractivity contribution in [3.8, 4) is 5.69 Å². The van der Waals surface area contributed by atoms with Crippen LogP contribution in [0.5, 0.6) is 0 Å². The lowest BCUT2D eigenvalue weighted by Crippen LogP contribution is -2.28. The molecule has 1 aromatic heterocycles. The number of carbonyl (C=O) groups excluding carboxylic acids is 1. The Labute approximate surface area is 192 Å². The lowest BCUT2D eigenvalue weighted by molar-refractivity contribution is -0.119. The van der Waals surface area contributed by atoms with Gasteiger partial charge in [0.2, 0.25) is 5.91 Å². The Hall–Kier alpha value is -2.35. The van der Waals surface area contributed by atoms with E-state index in [1.54, 1.807) is 0 Å². The third-order valence-electron chi connectivity index (χ3n) is 5.34. The lowest BCUT2D eigenvalue weighted by atomic mass is 10.1. The summed E-state index contributed by atoms with van der Waals surface area (Å²) in [5.41, 5.74) is 1.99. The number of thioether (sulfide) groups is 1. The molecule has 0 bridgehead atoms. The molecule has 1 aliphatic heterocycles. The summed E-state index contributed by atoms with van der Waals surface area (Å²) >= 11 is 7.47. The second kappa shape index (κ2) is 10.3. The number of carbonyl (C=O) groups is 1. The summed E-state index contributed by atoms with van der Waals surface area (Å²) in [6.07, 6.45) is 2.46. The van der Waals surface area contributed by atoms with Crippen LogP contribution in [-0.2, 0) is 11.3 Å². The first-order valence-electron chi connectivity index (χ1n) is 10.5. The van der Waals surface area contributed by atoms with Gasteiger partial charge in [0.25, 0.3) is 0 Å². The van der Waals surface area contributed by atoms with Crippen LogP contribution >= 0.6 is 23.4 Å². The molecule has 0 aliphatic carbocycles. The summed E-state index contributed by atoms with van der Waals surface area (Å²) in [6, 6.07) is 17.5. The van der Waals surface area contributed by atoms with E-state index in [0.29, 0.717) is 5.02 Å². The number of para-hydroxylation sites is 1. The minimum atomic E-state index is -0.121. The van der Waals surface area contributed by atoms with Gasteiger partial charge in [-0.1, -0.05) is 53.7 Å². The molecule has 1 fully saturated rings. The molecule has 6 nitrogen and oxygen atoms in total. The number of hydrogen-bond donors (Lipinski definition) is 1. The highest BCUT2D eigenvalue weighted by atomic mass is 35.5. The first kappa shape index (κ1) is 21.9. The Balaban J connectivity index is 1.45. The van der Waals surface area contributed by atoms with E-state index in [0.717, 1.165) is 41.9 Å². The van der Waals surface area contributed by atoms with E-state index in [-0.39, 0.29) is 17.7 Å². The fraction of sp³-hybridized carbons (Fsp3) is 0.348. The molecule has 162 valence electrons. The third-order valence-corrected chi connectivity index (χ3v) is 6.50. The number of benzene rings is 2. The molecule has 31 heavy (non-hydrogen) atoms. The number of likely N-dealkylation sites (tertiary alicyclic amines) is 1. The fourth-order valence-electron chi connectivity index (χ4n) is 3.75. The largest absolute Gasteiger partial charge is 0.349 e. The Morgan fingerprint density at radius 3 is 2.65 bits per heavy atom. The Bertz CT molecular complexity index is 1020. The van der Waals surface area contributed by atoms with Gasteiger partial charge in [-0.25, -0.2) is 0 Å². The topological polar surface area (TPSA) is 63.1 Å². The van der Waals surface area contributed by atoms with E-state index in [9.17, 15) is 4.79 Å². The van der Waals surface area contributed by atoms with Gasteiger partial charge in [-0.2, -0.15) is 0 Å². The van der Waals surface area contributed by atoms with E-state index < -0.39 is 0 Å². The maximum Gasteiger partial charge on any atom is 0.230 e. The average molecular weight is 456 g/mol. The van der Waals surface area contributed by atoms with Gasteiger partial charge in [0.1, 0.15) is 0 Å². The Morgan fingerprint density at radius 2 is 1.90 bits per heavy atom. The normalized spacial score (nSPS) is 15.2. The van der Waals surface area contributed by atoms with Crippen LogP contribution in [0.25, 0.3) is 5.69 Å². The van der Waals surface area contributed by atoms with Crippen molar-refractivity contribution in [1.82, 2.24) is 25.0 Å². The van der Waals surface area contributed by atoms with E-state index in [1.807, 2.05) is 61.5 Å². The van der Waals surface area contributed by atoms with E-state index >= 15 is 0 Å². The first-order valence-corrected chi connectivity index (χ1v) is 11.9. The summed E-state index contributed by atoms with van der Waals surface area (Å²) in [5.74, 6) is 1.11. The fourth-order valence-corrected chi connectivity index (χ4v) is 4.73. The van der Waals surface area contributed by atoms with Crippen LogP contribution in [0, 0.1) is 0 Å². The van der Waals surface area contributed by atoms with E-state index in [1.165, 1.54) is 24.6 Å². The van der Waals surface area contributed by atoms with Gasteiger partial charge in [0, 0.05) is 10.7 Å². The molecule has 0 radical (unpaired) electrons. The highest BCUT2D eigenvalue weighted by molar-refractivity contribution is 7.99. The van der Waals surface area contributed by atoms with Gasteiger partial charge in [-0.05, 0) is 62.7 Å². The zero-order chi connectivity index (χ0) is 21.6. The van der Waals surface area contributed by atoms with Crippen LogP contribution in [0.15, 0.2) is 59.8 Å². The molecule has 0 unspecified atom stereocenters. The van der Waals surface area contributed by atoms with E-state index in [2.05, 4.69) is 25.0 Å². The van der Waals surface area contributed by atoms with Crippen LogP contribution in [0.1, 0.15) is 37.2 Å². The molecular formula is C23H26ClN5OS. The summed E-state index contributed by atoms with van der Waals surface area (Å²) < 4.78 is 2.07. The molecule has 1 amide bonds. The monoisotopic (exact) mass is 455 g/mol. The van der Waals surface area contributed by atoms with Crippen LogP contribution < -0.4 is 5.32 Å². The molecule has 8 heteroatoms. The Morgan fingerprint density at radius 1 is 1.13 bits per heavy atom. The minimum absolute atomic E-state index is 0.0545. The number of aromatic nitrogens is 3. The van der Waals surface area contributed by atoms with Crippen molar-refractivity contribution < 1.29 is 4.79 Å². The van der Waals surface area contributed by atoms with Crippen molar-refractivity contribution in [2.24, 2.45) is 0 Å². The zero-order valence-corrected chi connectivity index (χ0v) is 19.1. The number of nitrogens with zero attached hydrogens (tertiary/aromatic N) is 4. The number of amides is 1. The number of nitrogens with one attached hydrogen (secondary N) is 1. The molecule has 1 aliphatic rings. The molecule has 3 aromatic rings. The number of hydrogen-bond acceptors (Lipinski definition) is 5. The number of rotatable bonds is 8. The van der Waals surface area contributed by atoms with Gasteiger partial charge in [0.15, 0.2) is 11.0 Å². The molecule has 1 saturated heterocycles. The highest BCUT2D eigenvalue weighted by Gasteiger charge is 2.20. The average Bonchev–Trinajstić information content (AvgIpc) is 3.43. The Kier molecular flexibility index (Phi) is 7.27. The van der Waals surface area contributed by atoms with Gasteiger partial charge >= 0.3 is 0 Å². The van der Waals surface area contributed by atoms with Gasteiger partial charge < -0.3 is 5.32 Å². The van der Waals surface area contributed by atoms with Crippen molar-refractivity contribution in [3.63, 3.8) is 0 Å². The third kappa shape index (κ3) is 5.67. The van der Waals surface area contributed by atoms with E-state index in [4.69, 9.17) is 11.6 Å². The number of halogens is 1. The smallest absolute Gasteiger partial charge is 0.230 e. The van der Waals surface area contributed by atoms with Crippen molar-refractivity contribution in [1.29, 1.82) is 0 Å². The molecule has 1 atom stereocenters. The molecule has 1 N–H and O–H groups in total. The van der Waals surface area contributed by atoms with Crippen LogP contribution in [0.3, 0.4) is 0 Å². The maximum absolute atomic E-state index is 12.6. The van der Waals surface area contributed by atoms with Crippen molar-refractivity contribution in [2.45, 2.75) is 37.5 Å². The first-order chi connectivity index (χ1) is 15.1. The highest BCUT2D eigenvalue weighted by Crippen LogP contribution is 2.24. The second-order valence-electron chi connectivity index (χ2n) is 7.69. The second-order valence-corrected chi connectivity index (χ2v) is 9.06. The molecule has 0 saturated carbocycles. The predicted molar refractivity (Wildman–Crippen MR) is 125 cm³/mol.